The van der Waals surface area contributed by atoms with Gasteiger partial charge < -0.3 is 19.9 Å². The standard InChI is InChI=1S/C14H21NO4/c1-4-15-13(14(17)19-6-3)10-7-8-11(16)12(9-10)18-5-2/h7-9,13,15-16H,4-6H2,1-3H3. The van der Waals surface area contributed by atoms with Crippen LogP contribution in [-0.4, -0.2) is 30.8 Å². The predicted molar refractivity (Wildman–Crippen MR) is 72.3 cm³/mol. The Hall–Kier alpha value is -1.75. The number of nitrogens with one attached hydrogen (secondary N) is 1. The van der Waals surface area contributed by atoms with Crippen molar-refractivity contribution in [2.45, 2.75) is 26.8 Å². The van der Waals surface area contributed by atoms with E-state index >= 15 is 0 Å². The van der Waals surface area contributed by atoms with E-state index in [4.69, 9.17) is 9.47 Å². The lowest BCUT2D eigenvalue weighted by Crippen LogP contribution is -2.30. The lowest BCUT2D eigenvalue weighted by molar-refractivity contribution is -0.145. The number of rotatable bonds is 7. The van der Waals surface area contributed by atoms with Gasteiger partial charge in [-0.3, -0.25) is 0 Å². The third-order valence-electron chi connectivity index (χ3n) is 2.55. The van der Waals surface area contributed by atoms with Gasteiger partial charge in [-0.05, 0) is 38.1 Å². The third kappa shape index (κ3) is 4.13. The Morgan fingerprint density at radius 2 is 2.05 bits per heavy atom. The highest BCUT2D eigenvalue weighted by atomic mass is 16.5. The summed E-state index contributed by atoms with van der Waals surface area (Å²) in [7, 11) is 0. The first-order valence-corrected chi connectivity index (χ1v) is 6.49. The maximum atomic E-state index is 11.9. The molecule has 1 aromatic carbocycles. The van der Waals surface area contributed by atoms with Crippen LogP contribution >= 0.6 is 0 Å². The van der Waals surface area contributed by atoms with Gasteiger partial charge in [0.2, 0.25) is 0 Å². The molecule has 5 nitrogen and oxygen atoms in total. The lowest BCUT2D eigenvalue weighted by Gasteiger charge is -2.18. The number of phenols is 1. The predicted octanol–water partition coefficient (Wildman–Crippen LogP) is 2.00. The number of carbonyl (C=O) groups is 1. The second-order valence-electron chi connectivity index (χ2n) is 3.90. The Balaban J connectivity index is 3.01. The van der Waals surface area contributed by atoms with Gasteiger partial charge in [0.1, 0.15) is 6.04 Å². The number of phenolic OH excluding ortho intramolecular Hbond substituents is 1. The van der Waals surface area contributed by atoms with Crippen molar-refractivity contribution in [3.05, 3.63) is 23.8 Å². The molecular weight excluding hydrogens is 246 g/mol. The van der Waals surface area contributed by atoms with E-state index in [2.05, 4.69) is 5.32 Å². The average molecular weight is 267 g/mol. The molecule has 0 spiro atoms. The van der Waals surface area contributed by atoms with Crippen molar-refractivity contribution >= 4 is 5.97 Å². The van der Waals surface area contributed by atoms with Crippen LogP contribution in [0.3, 0.4) is 0 Å². The largest absolute Gasteiger partial charge is 0.504 e. The van der Waals surface area contributed by atoms with Crippen molar-refractivity contribution in [2.24, 2.45) is 0 Å². The summed E-state index contributed by atoms with van der Waals surface area (Å²) in [4.78, 5) is 11.9. The van der Waals surface area contributed by atoms with E-state index in [-0.39, 0.29) is 11.7 Å². The number of aromatic hydroxyl groups is 1. The minimum absolute atomic E-state index is 0.0599. The summed E-state index contributed by atoms with van der Waals surface area (Å²) in [6.45, 7) is 6.92. The van der Waals surface area contributed by atoms with Gasteiger partial charge in [-0.15, -0.1) is 0 Å². The Kier molecular flexibility index (Phi) is 6.15. The van der Waals surface area contributed by atoms with Gasteiger partial charge >= 0.3 is 5.97 Å². The van der Waals surface area contributed by atoms with Crippen molar-refractivity contribution in [1.29, 1.82) is 0 Å². The summed E-state index contributed by atoms with van der Waals surface area (Å²) in [6, 6.07) is 4.31. The van der Waals surface area contributed by atoms with Crippen LogP contribution in [0, 0.1) is 0 Å². The number of carbonyl (C=O) groups excluding carboxylic acids is 1. The fraction of sp³-hybridized carbons (Fsp3) is 0.500. The lowest BCUT2D eigenvalue weighted by atomic mass is 10.1. The van der Waals surface area contributed by atoms with Crippen molar-refractivity contribution in [3.8, 4) is 11.5 Å². The molecule has 0 saturated heterocycles. The number of hydrogen-bond acceptors (Lipinski definition) is 5. The topological polar surface area (TPSA) is 67.8 Å². The van der Waals surface area contributed by atoms with Gasteiger partial charge in [-0.25, -0.2) is 4.79 Å². The van der Waals surface area contributed by atoms with E-state index in [0.29, 0.717) is 31.1 Å². The zero-order valence-electron chi connectivity index (χ0n) is 11.6. The van der Waals surface area contributed by atoms with Gasteiger partial charge in [0.25, 0.3) is 0 Å². The zero-order chi connectivity index (χ0) is 14.3. The van der Waals surface area contributed by atoms with Gasteiger partial charge in [-0.1, -0.05) is 13.0 Å². The van der Waals surface area contributed by atoms with E-state index in [1.54, 1.807) is 19.1 Å². The molecule has 1 unspecified atom stereocenters. The molecule has 0 fully saturated rings. The molecule has 1 rings (SSSR count). The molecule has 0 aliphatic heterocycles. The van der Waals surface area contributed by atoms with Crippen molar-refractivity contribution in [3.63, 3.8) is 0 Å². The van der Waals surface area contributed by atoms with Crippen LogP contribution < -0.4 is 10.1 Å². The summed E-state index contributed by atoms with van der Waals surface area (Å²) in [5, 5.41) is 12.7. The molecular formula is C14H21NO4. The fourth-order valence-electron chi connectivity index (χ4n) is 1.75. The average Bonchev–Trinajstić information content (AvgIpc) is 2.39. The number of likely N-dealkylation sites (N-methyl/N-ethyl adjacent to an activating group) is 1. The zero-order valence-corrected chi connectivity index (χ0v) is 11.6. The monoisotopic (exact) mass is 267 g/mol. The van der Waals surface area contributed by atoms with E-state index in [1.165, 1.54) is 6.07 Å². The van der Waals surface area contributed by atoms with Crippen LogP contribution in [0.15, 0.2) is 18.2 Å². The Morgan fingerprint density at radius 3 is 2.63 bits per heavy atom. The second kappa shape index (κ2) is 7.63. The first-order chi connectivity index (χ1) is 9.13. The first kappa shape index (κ1) is 15.3. The number of hydrogen-bond donors (Lipinski definition) is 2. The SMILES string of the molecule is CCNC(C(=O)OCC)c1ccc(O)c(OCC)c1. The maximum absolute atomic E-state index is 11.9. The molecule has 0 aliphatic carbocycles. The molecule has 0 bridgehead atoms. The summed E-state index contributed by atoms with van der Waals surface area (Å²) >= 11 is 0. The molecule has 1 atom stereocenters. The van der Waals surface area contributed by atoms with Gasteiger partial charge in [0.05, 0.1) is 13.2 Å². The van der Waals surface area contributed by atoms with Crippen molar-refractivity contribution < 1.29 is 19.4 Å². The van der Waals surface area contributed by atoms with Crippen LogP contribution in [0.5, 0.6) is 11.5 Å². The van der Waals surface area contributed by atoms with Crippen LogP contribution in [0.2, 0.25) is 0 Å². The van der Waals surface area contributed by atoms with Gasteiger partial charge in [0.15, 0.2) is 11.5 Å². The quantitative estimate of drug-likeness (QED) is 0.740. The fourth-order valence-corrected chi connectivity index (χ4v) is 1.75. The Bertz CT molecular complexity index is 420. The summed E-state index contributed by atoms with van der Waals surface area (Å²) in [5.74, 6) is 0.0920. The van der Waals surface area contributed by atoms with Crippen molar-refractivity contribution in [1.82, 2.24) is 5.32 Å². The highest BCUT2D eigenvalue weighted by molar-refractivity contribution is 5.78. The molecule has 0 saturated carbocycles. The van der Waals surface area contributed by atoms with Crippen LogP contribution in [0.4, 0.5) is 0 Å². The van der Waals surface area contributed by atoms with Crippen molar-refractivity contribution in [2.75, 3.05) is 19.8 Å². The smallest absolute Gasteiger partial charge is 0.327 e. The van der Waals surface area contributed by atoms with Gasteiger partial charge in [0, 0.05) is 0 Å². The normalized spacial score (nSPS) is 11.9. The van der Waals surface area contributed by atoms with E-state index in [9.17, 15) is 9.90 Å². The minimum Gasteiger partial charge on any atom is -0.504 e. The maximum Gasteiger partial charge on any atom is 0.327 e. The molecule has 2 N–H and O–H groups in total. The third-order valence-corrected chi connectivity index (χ3v) is 2.55. The molecule has 19 heavy (non-hydrogen) atoms. The molecule has 0 heterocycles. The van der Waals surface area contributed by atoms with Crippen LogP contribution in [-0.2, 0) is 9.53 Å². The van der Waals surface area contributed by atoms with E-state index in [0.717, 1.165) is 0 Å². The molecule has 0 aromatic heterocycles. The Morgan fingerprint density at radius 1 is 1.32 bits per heavy atom. The van der Waals surface area contributed by atoms with Gasteiger partial charge in [-0.2, -0.15) is 0 Å². The summed E-state index contributed by atoms with van der Waals surface area (Å²) in [6.07, 6.45) is 0. The van der Waals surface area contributed by atoms with E-state index < -0.39 is 6.04 Å². The number of esters is 1. The second-order valence-corrected chi connectivity index (χ2v) is 3.90. The highest BCUT2D eigenvalue weighted by Gasteiger charge is 2.22. The highest BCUT2D eigenvalue weighted by Crippen LogP contribution is 2.29. The number of ether oxygens (including phenoxy) is 2. The molecule has 0 radical (unpaired) electrons. The molecule has 5 heteroatoms. The number of benzene rings is 1. The minimum atomic E-state index is -0.551. The Labute approximate surface area is 113 Å². The summed E-state index contributed by atoms with van der Waals surface area (Å²) in [5.41, 5.74) is 0.710. The molecule has 106 valence electrons. The molecule has 0 aliphatic rings. The summed E-state index contributed by atoms with van der Waals surface area (Å²) < 4.78 is 10.4. The molecule has 0 amide bonds. The first-order valence-electron chi connectivity index (χ1n) is 6.49. The van der Waals surface area contributed by atoms with E-state index in [1.807, 2.05) is 13.8 Å². The van der Waals surface area contributed by atoms with Crippen LogP contribution in [0.1, 0.15) is 32.4 Å². The van der Waals surface area contributed by atoms with Crippen LogP contribution in [0.25, 0.3) is 0 Å². The molecule has 1 aromatic rings.